The molecule has 2 aromatic rings. The van der Waals surface area contributed by atoms with Crippen LogP contribution in [0.2, 0.25) is 0 Å². The van der Waals surface area contributed by atoms with Gasteiger partial charge in [-0.25, -0.2) is 0 Å². The SMILES string of the molecule is CCCn1c(C)nnc1CNC(C)c1cc(C)sc1C. The van der Waals surface area contributed by atoms with Crippen LogP contribution in [0.1, 0.15) is 53.3 Å². The molecule has 20 heavy (non-hydrogen) atoms. The van der Waals surface area contributed by atoms with Gasteiger partial charge in [0, 0.05) is 22.3 Å². The maximum atomic E-state index is 4.28. The number of aromatic nitrogens is 3. The van der Waals surface area contributed by atoms with E-state index in [0.717, 1.165) is 31.2 Å². The summed E-state index contributed by atoms with van der Waals surface area (Å²) >= 11 is 1.86. The van der Waals surface area contributed by atoms with Crippen LogP contribution in [0.4, 0.5) is 0 Å². The van der Waals surface area contributed by atoms with Gasteiger partial charge < -0.3 is 9.88 Å². The largest absolute Gasteiger partial charge is 0.314 e. The molecular formula is C15H24N4S. The van der Waals surface area contributed by atoms with Crippen molar-refractivity contribution < 1.29 is 0 Å². The van der Waals surface area contributed by atoms with Crippen molar-refractivity contribution in [2.24, 2.45) is 0 Å². The predicted molar refractivity (Wildman–Crippen MR) is 84.1 cm³/mol. The number of nitrogens with zero attached hydrogens (tertiary/aromatic N) is 3. The summed E-state index contributed by atoms with van der Waals surface area (Å²) in [7, 11) is 0. The van der Waals surface area contributed by atoms with Gasteiger partial charge in [-0.2, -0.15) is 0 Å². The lowest BCUT2D eigenvalue weighted by molar-refractivity contribution is 0.528. The molecule has 0 fully saturated rings. The van der Waals surface area contributed by atoms with Gasteiger partial charge in [-0.1, -0.05) is 6.92 Å². The highest BCUT2D eigenvalue weighted by Crippen LogP contribution is 2.26. The minimum Gasteiger partial charge on any atom is -0.314 e. The van der Waals surface area contributed by atoms with Crippen molar-refractivity contribution in [1.29, 1.82) is 0 Å². The maximum Gasteiger partial charge on any atom is 0.147 e. The quantitative estimate of drug-likeness (QED) is 0.885. The summed E-state index contributed by atoms with van der Waals surface area (Å²) in [4.78, 5) is 2.77. The van der Waals surface area contributed by atoms with E-state index in [9.17, 15) is 0 Å². The van der Waals surface area contributed by atoms with Crippen LogP contribution >= 0.6 is 11.3 Å². The van der Waals surface area contributed by atoms with Gasteiger partial charge in [-0.05, 0) is 45.7 Å². The van der Waals surface area contributed by atoms with Gasteiger partial charge in [0.2, 0.25) is 0 Å². The first kappa shape index (κ1) is 15.2. The van der Waals surface area contributed by atoms with Crippen molar-refractivity contribution in [1.82, 2.24) is 20.1 Å². The van der Waals surface area contributed by atoms with Crippen molar-refractivity contribution in [2.75, 3.05) is 0 Å². The lowest BCUT2D eigenvalue weighted by Gasteiger charge is -2.14. The first-order valence-electron chi connectivity index (χ1n) is 7.22. The van der Waals surface area contributed by atoms with Gasteiger partial charge in [-0.3, -0.25) is 0 Å². The molecule has 0 aliphatic carbocycles. The molecule has 0 radical (unpaired) electrons. The van der Waals surface area contributed by atoms with Gasteiger partial charge in [-0.15, -0.1) is 21.5 Å². The molecule has 0 spiro atoms. The molecule has 0 amide bonds. The molecule has 0 aromatic carbocycles. The van der Waals surface area contributed by atoms with E-state index in [-0.39, 0.29) is 0 Å². The zero-order chi connectivity index (χ0) is 14.7. The van der Waals surface area contributed by atoms with Crippen LogP contribution in [0.25, 0.3) is 0 Å². The van der Waals surface area contributed by atoms with Gasteiger partial charge in [0.25, 0.3) is 0 Å². The number of hydrogen-bond acceptors (Lipinski definition) is 4. The van der Waals surface area contributed by atoms with E-state index in [0.29, 0.717) is 6.04 Å². The molecule has 0 aliphatic rings. The number of thiophene rings is 1. The van der Waals surface area contributed by atoms with Crippen molar-refractivity contribution in [3.63, 3.8) is 0 Å². The van der Waals surface area contributed by atoms with Crippen molar-refractivity contribution in [3.8, 4) is 0 Å². The third-order valence-corrected chi connectivity index (χ3v) is 4.55. The van der Waals surface area contributed by atoms with Crippen LogP contribution < -0.4 is 5.32 Å². The normalized spacial score (nSPS) is 12.8. The summed E-state index contributed by atoms with van der Waals surface area (Å²) in [5.74, 6) is 2.03. The van der Waals surface area contributed by atoms with Crippen molar-refractivity contribution in [3.05, 3.63) is 33.0 Å². The number of rotatable bonds is 6. The highest BCUT2D eigenvalue weighted by Gasteiger charge is 2.13. The highest BCUT2D eigenvalue weighted by atomic mass is 32.1. The van der Waals surface area contributed by atoms with E-state index in [1.54, 1.807) is 0 Å². The van der Waals surface area contributed by atoms with Crippen molar-refractivity contribution >= 4 is 11.3 Å². The van der Waals surface area contributed by atoms with E-state index in [2.05, 4.69) is 53.8 Å². The smallest absolute Gasteiger partial charge is 0.147 e. The number of hydrogen-bond donors (Lipinski definition) is 1. The first-order chi connectivity index (χ1) is 9.52. The fraction of sp³-hybridized carbons (Fsp3) is 0.600. The van der Waals surface area contributed by atoms with E-state index in [4.69, 9.17) is 0 Å². The van der Waals surface area contributed by atoms with Crippen LogP contribution in [-0.2, 0) is 13.1 Å². The summed E-state index contributed by atoms with van der Waals surface area (Å²) in [6.45, 7) is 12.5. The molecule has 0 bridgehead atoms. The molecule has 1 N–H and O–H groups in total. The second-order valence-corrected chi connectivity index (χ2v) is 6.75. The predicted octanol–water partition coefficient (Wildman–Crippen LogP) is 3.53. The summed E-state index contributed by atoms with van der Waals surface area (Å²) in [6.07, 6.45) is 1.10. The maximum absolute atomic E-state index is 4.28. The number of nitrogens with one attached hydrogen (secondary N) is 1. The molecule has 110 valence electrons. The summed E-state index contributed by atoms with van der Waals surface area (Å²) in [5, 5.41) is 12.0. The van der Waals surface area contributed by atoms with Crippen LogP contribution in [0.5, 0.6) is 0 Å². The van der Waals surface area contributed by atoms with Crippen LogP contribution in [0, 0.1) is 20.8 Å². The molecule has 2 heterocycles. The summed E-state index contributed by atoms with van der Waals surface area (Å²) < 4.78 is 2.20. The van der Waals surface area contributed by atoms with E-state index in [1.165, 1.54) is 15.3 Å². The monoisotopic (exact) mass is 292 g/mol. The minimum atomic E-state index is 0.340. The third-order valence-electron chi connectivity index (χ3n) is 3.57. The lowest BCUT2D eigenvalue weighted by atomic mass is 10.1. The fourth-order valence-electron chi connectivity index (χ4n) is 2.50. The third kappa shape index (κ3) is 3.27. The zero-order valence-electron chi connectivity index (χ0n) is 13.0. The lowest BCUT2D eigenvalue weighted by Crippen LogP contribution is -2.21. The Balaban J connectivity index is 2.03. The summed E-state index contributed by atoms with van der Waals surface area (Å²) in [6, 6.07) is 2.62. The average Bonchev–Trinajstić information content (AvgIpc) is 2.91. The second kappa shape index (κ2) is 6.50. The van der Waals surface area contributed by atoms with Crippen LogP contribution in [-0.4, -0.2) is 14.8 Å². The Bertz CT molecular complexity index is 570. The molecule has 5 heteroatoms. The van der Waals surface area contributed by atoms with E-state index in [1.807, 2.05) is 18.3 Å². The van der Waals surface area contributed by atoms with Gasteiger partial charge in [0.05, 0.1) is 6.54 Å². The highest BCUT2D eigenvalue weighted by molar-refractivity contribution is 7.12. The molecule has 1 atom stereocenters. The van der Waals surface area contributed by atoms with Crippen molar-refractivity contribution in [2.45, 2.75) is 60.2 Å². The van der Waals surface area contributed by atoms with Crippen LogP contribution in [0.3, 0.4) is 0 Å². The Kier molecular flexibility index (Phi) is 4.94. The molecule has 1 unspecified atom stereocenters. The average molecular weight is 292 g/mol. The Morgan fingerprint density at radius 2 is 2.05 bits per heavy atom. The van der Waals surface area contributed by atoms with Crippen LogP contribution in [0.15, 0.2) is 6.07 Å². The molecule has 2 rings (SSSR count). The zero-order valence-corrected chi connectivity index (χ0v) is 13.8. The molecule has 2 aromatic heterocycles. The van der Waals surface area contributed by atoms with Gasteiger partial charge in [0.15, 0.2) is 0 Å². The fourth-order valence-corrected chi connectivity index (χ4v) is 3.53. The van der Waals surface area contributed by atoms with E-state index < -0.39 is 0 Å². The Labute approximate surface area is 125 Å². The molecule has 4 nitrogen and oxygen atoms in total. The molecule has 0 saturated carbocycles. The van der Waals surface area contributed by atoms with Gasteiger partial charge >= 0.3 is 0 Å². The molecular weight excluding hydrogens is 268 g/mol. The Morgan fingerprint density at radius 1 is 1.30 bits per heavy atom. The Morgan fingerprint density at radius 3 is 2.65 bits per heavy atom. The first-order valence-corrected chi connectivity index (χ1v) is 8.03. The minimum absolute atomic E-state index is 0.340. The summed E-state index contributed by atoms with van der Waals surface area (Å²) in [5.41, 5.74) is 1.39. The van der Waals surface area contributed by atoms with E-state index >= 15 is 0 Å². The van der Waals surface area contributed by atoms with Gasteiger partial charge in [0.1, 0.15) is 11.6 Å². The molecule has 0 saturated heterocycles. The standard InChI is InChI=1S/C15H24N4S/c1-6-7-19-13(5)17-18-15(19)9-16-11(3)14-8-10(2)20-12(14)4/h8,11,16H,6-7,9H2,1-5H3. The Hall–Kier alpha value is -1.20. The number of aryl methyl sites for hydroxylation is 3. The topological polar surface area (TPSA) is 42.7 Å². The second-order valence-electron chi connectivity index (χ2n) is 5.29. The molecule has 0 aliphatic heterocycles.